The van der Waals surface area contributed by atoms with Crippen LogP contribution >= 0.6 is 0 Å². The molecule has 6 heteroatoms. The SMILES string of the molecule is CCCN=C(N)/C(C(=O)OCC)=C(/O)c1ccc(OC)cc1. The second-order valence-electron chi connectivity index (χ2n) is 4.44. The van der Waals surface area contributed by atoms with E-state index in [0.29, 0.717) is 17.9 Å². The Morgan fingerprint density at radius 3 is 2.41 bits per heavy atom. The first-order valence-corrected chi connectivity index (χ1v) is 7.10. The minimum absolute atomic E-state index is 0.0337. The lowest BCUT2D eigenvalue weighted by Gasteiger charge is -2.10. The second-order valence-corrected chi connectivity index (χ2v) is 4.44. The molecule has 1 rings (SSSR count). The number of methoxy groups -OCH3 is 1. The lowest BCUT2D eigenvalue weighted by Crippen LogP contribution is -2.25. The summed E-state index contributed by atoms with van der Waals surface area (Å²) >= 11 is 0. The smallest absolute Gasteiger partial charge is 0.345 e. The Morgan fingerprint density at radius 1 is 1.27 bits per heavy atom. The quantitative estimate of drug-likeness (QED) is 0.265. The topological polar surface area (TPSA) is 94.1 Å². The third kappa shape index (κ3) is 4.51. The molecular weight excluding hydrogens is 284 g/mol. The van der Waals surface area contributed by atoms with Crippen LogP contribution in [-0.2, 0) is 9.53 Å². The van der Waals surface area contributed by atoms with E-state index in [1.165, 1.54) is 0 Å². The molecule has 0 radical (unpaired) electrons. The minimum atomic E-state index is -0.701. The predicted octanol–water partition coefficient (Wildman–Crippen LogP) is 2.29. The van der Waals surface area contributed by atoms with E-state index >= 15 is 0 Å². The van der Waals surface area contributed by atoms with Crippen LogP contribution in [0.25, 0.3) is 5.76 Å². The number of ether oxygens (including phenoxy) is 2. The molecular formula is C16H22N2O4. The van der Waals surface area contributed by atoms with E-state index in [-0.39, 0.29) is 23.8 Å². The average molecular weight is 306 g/mol. The van der Waals surface area contributed by atoms with Gasteiger partial charge in [-0.1, -0.05) is 6.92 Å². The molecule has 0 amide bonds. The Morgan fingerprint density at radius 2 is 1.91 bits per heavy atom. The van der Waals surface area contributed by atoms with Crippen LogP contribution < -0.4 is 10.5 Å². The Balaban J connectivity index is 3.28. The predicted molar refractivity (Wildman–Crippen MR) is 86.0 cm³/mol. The maximum Gasteiger partial charge on any atom is 0.345 e. The zero-order valence-corrected chi connectivity index (χ0v) is 13.1. The molecule has 0 saturated heterocycles. The van der Waals surface area contributed by atoms with Crippen LogP contribution in [-0.4, -0.2) is 37.2 Å². The molecule has 22 heavy (non-hydrogen) atoms. The number of hydrogen-bond acceptors (Lipinski definition) is 5. The number of aliphatic imine (C=N–C) groups is 1. The summed E-state index contributed by atoms with van der Waals surface area (Å²) < 4.78 is 10.0. The summed E-state index contributed by atoms with van der Waals surface area (Å²) in [5, 5.41) is 10.4. The first kappa shape index (κ1) is 17.6. The summed E-state index contributed by atoms with van der Waals surface area (Å²) in [4.78, 5) is 16.1. The third-order valence-corrected chi connectivity index (χ3v) is 2.84. The molecule has 6 nitrogen and oxygen atoms in total. The number of aliphatic hydroxyl groups excluding tert-OH is 1. The zero-order chi connectivity index (χ0) is 16.5. The van der Waals surface area contributed by atoms with Gasteiger partial charge in [-0.25, -0.2) is 4.79 Å². The van der Waals surface area contributed by atoms with Crippen molar-refractivity contribution in [3.8, 4) is 5.75 Å². The molecule has 0 bridgehead atoms. The Bertz CT molecular complexity index is 562. The fourth-order valence-electron chi connectivity index (χ4n) is 1.73. The number of rotatable bonds is 7. The van der Waals surface area contributed by atoms with E-state index in [2.05, 4.69) is 4.99 Å². The monoisotopic (exact) mass is 306 g/mol. The summed E-state index contributed by atoms with van der Waals surface area (Å²) in [6.07, 6.45) is 0.778. The van der Waals surface area contributed by atoms with E-state index in [1.54, 1.807) is 38.3 Å². The van der Waals surface area contributed by atoms with Gasteiger partial charge >= 0.3 is 5.97 Å². The van der Waals surface area contributed by atoms with E-state index < -0.39 is 5.97 Å². The van der Waals surface area contributed by atoms with Crippen LogP contribution in [0.3, 0.4) is 0 Å². The number of nitrogens with two attached hydrogens (primary N) is 1. The van der Waals surface area contributed by atoms with Crippen molar-refractivity contribution in [3.63, 3.8) is 0 Å². The highest BCUT2D eigenvalue weighted by Crippen LogP contribution is 2.20. The molecule has 0 fully saturated rings. The van der Waals surface area contributed by atoms with Crippen molar-refractivity contribution >= 4 is 17.6 Å². The third-order valence-electron chi connectivity index (χ3n) is 2.84. The summed E-state index contributed by atoms with van der Waals surface area (Å²) in [5.74, 6) is -0.359. The lowest BCUT2D eigenvalue weighted by molar-refractivity contribution is -0.137. The molecule has 0 saturated carbocycles. The number of amidine groups is 1. The molecule has 0 aliphatic carbocycles. The molecule has 0 atom stereocenters. The van der Waals surface area contributed by atoms with Gasteiger partial charge in [-0.2, -0.15) is 0 Å². The van der Waals surface area contributed by atoms with Crippen molar-refractivity contribution in [3.05, 3.63) is 35.4 Å². The molecule has 0 spiro atoms. The van der Waals surface area contributed by atoms with Gasteiger partial charge in [0.25, 0.3) is 0 Å². The summed E-state index contributed by atoms with van der Waals surface area (Å²) in [6.45, 7) is 4.26. The van der Waals surface area contributed by atoms with Gasteiger partial charge in [-0.05, 0) is 37.6 Å². The number of esters is 1. The molecule has 1 aromatic carbocycles. The number of carbonyl (C=O) groups is 1. The van der Waals surface area contributed by atoms with Crippen LogP contribution in [0.5, 0.6) is 5.75 Å². The Labute approximate surface area is 130 Å². The molecule has 0 aromatic heterocycles. The number of benzene rings is 1. The standard InChI is InChI=1S/C16H22N2O4/c1-4-10-18-15(17)13(16(20)22-5-2)14(19)11-6-8-12(21-3)9-7-11/h6-9,19H,4-5,10H2,1-3H3,(H2,17,18)/b14-13-. The van der Waals surface area contributed by atoms with Gasteiger partial charge in [-0.3, -0.25) is 4.99 Å². The van der Waals surface area contributed by atoms with E-state index in [4.69, 9.17) is 15.2 Å². The number of carbonyl (C=O) groups excluding carboxylic acids is 1. The van der Waals surface area contributed by atoms with E-state index in [1.807, 2.05) is 6.92 Å². The second kappa shape index (κ2) is 8.71. The van der Waals surface area contributed by atoms with Crippen molar-refractivity contribution in [1.29, 1.82) is 0 Å². The number of nitrogens with zero attached hydrogens (tertiary/aromatic N) is 1. The average Bonchev–Trinajstić information content (AvgIpc) is 2.53. The molecule has 0 aliphatic rings. The van der Waals surface area contributed by atoms with Gasteiger partial charge in [0.05, 0.1) is 13.7 Å². The maximum atomic E-state index is 12.1. The van der Waals surface area contributed by atoms with Crippen LogP contribution in [0.15, 0.2) is 34.8 Å². The van der Waals surface area contributed by atoms with Gasteiger partial charge < -0.3 is 20.3 Å². The van der Waals surface area contributed by atoms with Crippen molar-refractivity contribution in [1.82, 2.24) is 0 Å². The van der Waals surface area contributed by atoms with Crippen LogP contribution in [0, 0.1) is 0 Å². The highest BCUT2D eigenvalue weighted by molar-refractivity contribution is 6.22. The van der Waals surface area contributed by atoms with E-state index in [0.717, 1.165) is 6.42 Å². The first-order valence-electron chi connectivity index (χ1n) is 7.10. The van der Waals surface area contributed by atoms with Gasteiger partial charge in [0, 0.05) is 12.1 Å². The highest BCUT2D eigenvalue weighted by Gasteiger charge is 2.21. The van der Waals surface area contributed by atoms with Crippen molar-refractivity contribution in [2.45, 2.75) is 20.3 Å². The first-order chi connectivity index (χ1) is 10.5. The summed E-state index contributed by atoms with van der Waals surface area (Å²) in [5.41, 5.74) is 6.14. The normalized spacial score (nSPS) is 12.6. The largest absolute Gasteiger partial charge is 0.506 e. The van der Waals surface area contributed by atoms with Gasteiger partial charge in [0.2, 0.25) is 0 Å². The molecule has 0 aliphatic heterocycles. The fraction of sp³-hybridized carbons (Fsp3) is 0.375. The maximum absolute atomic E-state index is 12.1. The van der Waals surface area contributed by atoms with Crippen molar-refractivity contribution in [2.24, 2.45) is 10.7 Å². The summed E-state index contributed by atoms with van der Waals surface area (Å²) in [6, 6.07) is 6.60. The van der Waals surface area contributed by atoms with Crippen molar-refractivity contribution < 1.29 is 19.4 Å². The van der Waals surface area contributed by atoms with E-state index in [9.17, 15) is 9.90 Å². The highest BCUT2D eigenvalue weighted by atomic mass is 16.5. The lowest BCUT2D eigenvalue weighted by atomic mass is 10.1. The fourth-order valence-corrected chi connectivity index (χ4v) is 1.73. The van der Waals surface area contributed by atoms with Crippen LogP contribution in [0.2, 0.25) is 0 Å². The molecule has 0 heterocycles. The summed E-state index contributed by atoms with van der Waals surface area (Å²) in [7, 11) is 1.55. The van der Waals surface area contributed by atoms with Crippen LogP contribution in [0.4, 0.5) is 0 Å². The zero-order valence-electron chi connectivity index (χ0n) is 13.1. The molecule has 120 valence electrons. The molecule has 0 unspecified atom stereocenters. The number of aliphatic hydroxyl groups is 1. The number of hydrogen-bond donors (Lipinski definition) is 2. The van der Waals surface area contributed by atoms with Gasteiger partial charge in [-0.15, -0.1) is 0 Å². The van der Waals surface area contributed by atoms with Crippen LogP contribution in [0.1, 0.15) is 25.8 Å². The minimum Gasteiger partial charge on any atom is -0.506 e. The Hall–Kier alpha value is -2.50. The van der Waals surface area contributed by atoms with Gasteiger partial charge in [0.15, 0.2) is 0 Å². The van der Waals surface area contributed by atoms with Crippen molar-refractivity contribution in [2.75, 3.05) is 20.3 Å². The molecule has 3 N–H and O–H groups in total. The van der Waals surface area contributed by atoms with Gasteiger partial charge in [0.1, 0.15) is 22.9 Å². The molecule has 1 aromatic rings. The Kier molecular flexibility index (Phi) is 6.95.